The molecule has 9 aromatic rings. The van der Waals surface area contributed by atoms with Crippen molar-refractivity contribution in [3.8, 4) is 22.3 Å². The topological polar surface area (TPSA) is 6.48 Å². The van der Waals surface area contributed by atoms with E-state index in [1.165, 1.54) is 121 Å². The van der Waals surface area contributed by atoms with Crippen LogP contribution in [0.1, 0.15) is 111 Å². The van der Waals surface area contributed by atoms with Gasteiger partial charge in [0.2, 0.25) is 0 Å². The highest BCUT2D eigenvalue weighted by atomic mass is 28.3. The molecule has 9 aromatic carbocycles. The van der Waals surface area contributed by atoms with Crippen molar-refractivity contribution in [1.82, 2.24) is 0 Å². The maximum Gasteiger partial charge on any atom is 0.252 e. The van der Waals surface area contributed by atoms with Crippen LogP contribution >= 0.6 is 0 Å². The number of hydrogen-bond donors (Lipinski definition) is 0. The van der Waals surface area contributed by atoms with Crippen LogP contribution in [-0.2, 0) is 21.7 Å². The SMILES string of the molecule is Cc1cc2c3c(c1)N(c1ccc(C(C)(C)C)cc1-c1ccccc1)c1cc4c(cc1B3c1ccc(C(C)(C)C)cc1N2c1cccc(C(C)(C)C)c1)[Si](c1ccccc1)(c1ccccc1)c1cc(C(C)(C)C)ccc1-4. The van der Waals surface area contributed by atoms with Crippen molar-refractivity contribution in [1.29, 1.82) is 0 Å². The number of benzene rings is 9. The molecule has 0 bridgehead atoms. The lowest BCUT2D eigenvalue weighted by molar-refractivity contribution is 0.590. The zero-order valence-electron chi connectivity index (χ0n) is 46.4. The van der Waals surface area contributed by atoms with Crippen LogP contribution in [0.3, 0.4) is 0 Å². The van der Waals surface area contributed by atoms with Gasteiger partial charge in [0.05, 0.1) is 5.69 Å². The zero-order valence-corrected chi connectivity index (χ0v) is 47.4. The third-order valence-electron chi connectivity index (χ3n) is 16.8. The Morgan fingerprint density at radius 2 is 0.853 bits per heavy atom. The van der Waals surface area contributed by atoms with Gasteiger partial charge >= 0.3 is 0 Å². The van der Waals surface area contributed by atoms with Crippen LogP contribution in [0, 0.1) is 6.92 Å². The third kappa shape index (κ3) is 7.80. The second kappa shape index (κ2) is 17.2. The highest BCUT2D eigenvalue weighted by Crippen LogP contribution is 2.49. The van der Waals surface area contributed by atoms with E-state index in [0.717, 1.165) is 0 Å². The zero-order chi connectivity index (χ0) is 52.6. The van der Waals surface area contributed by atoms with Gasteiger partial charge in [-0.15, -0.1) is 0 Å². The number of nitrogens with zero attached hydrogens (tertiary/aromatic N) is 2. The Morgan fingerprint density at radius 1 is 0.347 bits per heavy atom. The second-order valence-electron chi connectivity index (χ2n) is 25.9. The Hall–Kier alpha value is -7.14. The summed E-state index contributed by atoms with van der Waals surface area (Å²) in [5, 5.41) is 5.78. The molecular formula is C71H71BN2Si. The number of anilines is 6. The van der Waals surface area contributed by atoms with Gasteiger partial charge in [0.25, 0.3) is 6.71 Å². The lowest BCUT2D eigenvalue weighted by Gasteiger charge is -2.45. The standard InChI is InChI=1S/C71H71BN2Si/c1-46-38-63-67-64(39-46)74(60-37-34-49(69(5,6)7)41-56(60)47-24-17-14-18-25-47)62-44-57-55-35-32-51(71(11,12)13)43-65(55)75(53-28-19-15-20-29-53,54-30-21-16-22-31-54)66(57)45-59(62)72(67)58-36-33-50(70(8,9)10)42-61(58)73(63)52-27-23-26-48(40-52)68(2,3)4/h14-45H,1-13H3. The molecule has 0 saturated heterocycles. The summed E-state index contributed by atoms with van der Waals surface area (Å²) in [7, 11) is -2.97. The monoisotopic (exact) mass is 991 g/mol. The second-order valence-corrected chi connectivity index (χ2v) is 29.7. The summed E-state index contributed by atoms with van der Waals surface area (Å²) >= 11 is 0. The first-order valence-electron chi connectivity index (χ1n) is 27.3. The predicted octanol–water partition coefficient (Wildman–Crippen LogP) is 14.3. The molecule has 0 amide bonds. The van der Waals surface area contributed by atoms with E-state index in [-0.39, 0.29) is 28.4 Å². The minimum atomic E-state index is -2.97. The molecule has 0 aliphatic carbocycles. The Kier molecular flexibility index (Phi) is 11.2. The highest BCUT2D eigenvalue weighted by molar-refractivity contribution is 7.22. The van der Waals surface area contributed by atoms with Crippen molar-refractivity contribution in [2.75, 3.05) is 9.80 Å². The molecule has 75 heavy (non-hydrogen) atoms. The molecule has 0 aromatic heterocycles. The van der Waals surface area contributed by atoms with Crippen LogP contribution < -0.4 is 46.9 Å². The fourth-order valence-corrected chi connectivity index (χ4v) is 18.0. The van der Waals surface area contributed by atoms with Gasteiger partial charge < -0.3 is 9.80 Å². The Morgan fingerprint density at radius 3 is 1.47 bits per heavy atom. The Labute approximate surface area is 449 Å². The molecule has 12 rings (SSSR count). The van der Waals surface area contributed by atoms with Crippen molar-refractivity contribution in [2.24, 2.45) is 0 Å². The van der Waals surface area contributed by atoms with E-state index in [0.29, 0.717) is 0 Å². The smallest absolute Gasteiger partial charge is 0.252 e. The summed E-state index contributed by atoms with van der Waals surface area (Å²) < 4.78 is 0. The average molecular weight is 991 g/mol. The number of fused-ring (bicyclic) bond motifs is 7. The summed E-state index contributed by atoms with van der Waals surface area (Å²) in [6.07, 6.45) is 0. The van der Waals surface area contributed by atoms with Gasteiger partial charge in [-0.1, -0.05) is 229 Å². The van der Waals surface area contributed by atoms with Crippen LogP contribution in [0.2, 0.25) is 0 Å². The molecule has 0 radical (unpaired) electrons. The fourth-order valence-electron chi connectivity index (χ4n) is 12.7. The number of hydrogen-bond acceptors (Lipinski definition) is 2. The van der Waals surface area contributed by atoms with Gasteiger partial charge in [-0.25, -0.2) is 0 Å². The van der Waals surface area contributed by atoms with Gasteiger partial charge in [0.15, 0.2) is 8.07 Å². The lowest BCUT2D eigenvalue weighted by atomic mass is 9.33. The number of rotatable bonds is 5. The number of aryl methyl sites for hydroxylation is 1. The van der Waals surface area contributed by atoms with Gasteiger partial charge in [0.1, 0.15) is 0 Å². The largest absolute Gasteiger partial charge is 0.311 e. The van der Waals surface area contributed by atoms with Gasteiger partial charge in [0, 0.05) is 34.0 Å². The van der Waals surface area contributed by atoms with Crippen LogP contribution in [0.15, 0.2) is 194 Å². The van der Waals surface area contributed by atoms with Crippen molar-refractivity contribution in [3.05, 3.63) is 222 Å². The molecule has 0 N–H and O–H groups in total. The Bertz CT molecular complexity index is 3680. The third-order valence-corrected chi connectivity index (χ3v) is 21.6. The Balaban J connectivity index is 1.26. The van der Waals surface area contributed by atoms with Crippen LogP contribution in [0.4, 0.5) is 34.1 Å². The van der Waals surface area contributed by atoms with E-state index in [4.69, 9.17) is 0 Å². The van der Waals surface area contributed by atoms with Crippen LogP contribution in [0.25, 0.3) is 22.3 Å². The summed E-state index contributed by atoms with van der Waals surface area (Å²) in [5.74, 6) is 0. The summed E-state index contributed by atoms with van der Waals surface area (Å²) in [6.45, 7) is 30.4. The predicted molar refractivity (Wildman–Crippen MR) is 328 cm³/mol. The molecule has 0 fully saturated rings. The average Bonchev–Trinajstić information content (AvgIpc) is 3.69. The molecule has 3 aliphatic rings. The van der Waals surface area contributed by atoms with Crippen molar-refractivity contribution >= 4 is 86.0 Å². The maximum atomic E-state index is 2.74. The molecule has 372 valence electrons. The molecule has 2 nitrogen and oxygen atoms in total. The van der Waals surface area contributed by atoms with Gasteiger partial charge in [-0.05, 0) is 159 Å². The quantitative estimate of drug-likeness (QED) is 0.159. The summed E-state index contributed by atoms with van der Waals surface area (Å²) in [6, 6.07) is 76.2. The lowest BCUT2D eigenvalue weighted by Crippen LogP contribution is -2.73. The van der Waals surface area contributed by atoms with E-state index >= 15 is 0 Å². The van der Waals surface area contributed by atoms with E-state index in [9.17, 15) is 0 Å². The molecule has 0 unspecified atom stereocenters. The van der Waals surface area contributed by atoms with E-state index < -0.39 is 8.07 Å². The van der Waals surface area contributed by atoms with Gasteiger partial charge in [-0.2, -0.15) is 0 Å². The minimum Gasteiger partial charge on any atom is -0.311 e. The fraction of sp³-hybridized carbons (Fsp3) is 0.239. The molecular weight excluding hydrogens is 920 g/mol. The minimum absolute atomic E-state index is 0.0290. The maximum absolute atomic E-state index is 2.97. The molecule has 0 spiro atoms. The summed E-state index contributed by atoms with van der Waals surface area (Å²) in [4.78, 5) is 5.30. The van der Waals surface area contributed by atoms with Crippen molar-refractivity contribution in [2.45, 2.75) is 112 Å². The van der Waals surface area contributed by atoms with E-state index in [1.807, 2.05) is 0 Å². The normalized spacial score (nSPS) is 14.5. The van der Waals surface area contributed by atoms with Crippen molar-refractivity contribution < 1.29 is 0 Å². The molecule has 3 heterocycles. The van der Waals surface area contributed by atoms with Crippen LogP contribution in [0.5, 0.6) is 0 Å². The first kappa shape index (κ1) is 48.8. The molecule has 0 saturated carbocycles. The van der Waals surface area contributed by atoms with Gasteiger partial charge in [-0.3, -0.25) is 0 Å². The highest BCUT2D eigenvalue weighted by Gasteiger charge is 2.52. The first-order valence-corrected chi connectivity index (χ1v) is 29.3. The molecule has 4 heteroatoms. The van der Waals surface area contributed by atoms with E-state index in [1.54, 1.807) is 0 Å². The van der Waals surface area contributed by atoms with Crippen LogP contribution in [-0.4, -0.2) is 14.8 Å². The first-order chi connectivity index (χ1) is 35.6. The van der Waals surface area contributed by atoms with E-state index in [2.05, 4.69) is 294 Å². The molecule has 0 atom stereocenters. The molecule has 3 aliphatic heterocycles. The van der Waals surface area contributed by atoms with Crippen molar-refractivity contribution in [3.63, 3.8) is 0 Å². The summed E-state index contributed by atoms with van der Waals surface area (Å²) in [5.41, 5.74) is 23.0.